The Balaban J connectivity index is 3.39. The average Bonchev–Trinajstić information content (AvgIpc) is 1.59. The number of alkyl halides is 3. The normalized spacial score (nSPS) is 11.0. The Morgan fingerprint density at radius 2 is 2.00 bits per heavy atom. The largest absolute Gasteiger partial charge is 0.333 e. The molecule has 0 aliphatic carbocycles. The molecule has 0 unspecified atom stereocenters. The van der Waals surface area contributed by atoms with Gasteiger partial charge in [0.15, 0.2) is 0 Å². The molecule has 6 heteroatoms. The number of carbonyl (C=O) groups is 1. The van der Waals surface area contributed by atoms with Crippen LogP contribution >= 0.6 is 34.8 Å². The number of nitrogens with one attached hydrogen (secondary N) is 2. The van der Waals surface area contributed by atoms with Gasteiger partial charge in [0.25, 0.3) is 0 Å². The van der Waals surface area contributed by atoms with Crippen LogP contribution in [0.1, 0.15) is 0 Å². The zero-order valence-electron chi connectivity index (χ0n) is 4.25. The quantitative estimate of drug-likeness (QED) is 0.624. The second kappa shape index (κ2) is 3.34. The fourth-order valence-corrected chi connectivity index (χ4v) is 0.381. The molecular formula is C3H4Cl3N2O. The molecule has 3 nitrogen and oxygen atoms in total. The van der Waals surface area contributed by atoms with Crippen molar-refractivity contribution in [1.29, 1.82) is 0 Å². The van der Waals surface area contributed by atoms with E-state index in [1.807, 2.05) is 5.32 Å². The van der Waals surface area contributed by atoms with Crippen LogP contribution in [0.3, 0.4) is 0 Å². The Morgan fingerprint density at radius 1 is 1.56 bits per heavy atom. The molecular weight excluding hydrogens is 186 g/mol. The van der Waals surface area contributed by atoms with Crippen molar-refractivity contribution >= 4 is 40.8 Å². The van der Waals surface area contributed by atoms with Crippen molar-refractivity contribution in [3.05, 3.63) is 0 Å². The summed E-state index contributed by atoms with van der Waals surface area (Å²) >= 11 is 15.6. The van der Waals surface area contributed by atoms with Gasteiger partial charge in [-0.1, -0.05) is 34.8 Å². The molecule has 0 saturated carbocycles. The van der Waals surface area contributed by atoms with Gasteiger partial charge in [-0.15, -0.1) is 0 Å². The Kier molecular flexibility index (Phi) is 3.40. The Morgan fingerprint density at radius 3 is 2.11 bits per heavy atom. The summed E-state index contributed by atoms with van der Waals surface area (Å²) in [5.74, 6) is 0. The van der Waals surface area contributed by atoms with Crippen LogP contribution in [0.5, 0.6) is 0 Å². The van der Waals surface area contributed by atoms with E-state index in [1.54, 1.807) is 0 Å². The van der Waals surface area contributed by atoms with Gasteiger partial charge in [-0.3, -0.25) is 0 Å². The van der Waals surface area contributed by atoms with E-state index >= 15 is 0 Å². The minimum absolute atomic E-state index is 0.139. The lowest BCUT2D eigenvalue weighted by Crippen LogP contribution is -2.31. The van der Waals surface area contributed by atoms with E-state index in [9.17, 15) is 4.79 Å². The van der Waals surface area contributed by atoms with E-state index in [0.29, 0.717) is 0 Å². The summed E-state index contributed by atoms with van der Waals surface area (Å²) in [7, 11) is 0. The van der Waals surface area contributed by atoms with Gasteiger partial charge in [0, 0.05) is 0 Å². The second-order valence-corrected chi connectivity index (χ2v) is 3.81. The molecule has 0 spiro atoms. The SMILES string of the molecule is [NH]C(=O)NCC(Cl)(Cl)Cl. The number of hydrogen-bond acceptors (Lipinski definition) is 1. The van der Waals surface area contributed by atoms with Crippen molar-refractivity contribution in [1.82, 2.24) is 11.1 Å². The minimum Gasteiger partial charge on any atom is -0.332 e. The highest BCUT2D eigenvalue weighted by Crippen LogP contribution is 2.24. The Labute approximate surface area is 67.4 Å². The van der Waals surface area contributed by atoms with Crippen molar-refractivity contribution < 1.29 is 4.79 Å². The summed E-state index contributed by atoms with van der Waals surface area (Å²) in [6.07, 6.45) is 0. The molecule has 53 valence electrons. The van der Waals surface area contributed by atoms with Crippen LogP contribution in [0.2, 0.25) is 0 Å². The Hall–Kier alpha value is 0.140. The molecule has 0 saturated heterocycles. The molecule has 0 aromatic carbocycles. The number of amides is 2. The lowest BCUT2D eigenvalue weighted by Gasteiger charge is -2.08. The van der Waals surface area contributed by atoms with Crippen LogP contribution in [0.25, 0.3) is 0 Å². The topological polar surface area (TPSA) is 52.9 Å². The zero-order valence-corrected chi connectivity index (χ0v) is 6.52. The molecule has 0 aromatic heterocycles. The minimum atomic E-state index is -1.50. The Bertz CT molecular complexity index is 110. The predicted molar refractivity (Wildman–Crippen MR) is 36.8 cm³/mol. The van der Waals surface area contributed by atoms with Crippen LogP contribution in [-0.2, 0) is 0 Å². The summed E-state index contributed by atoms with van der Waals surface area (Å²) in [5.41, 5.74) is 6.33. The molecule has 0 rings (SSSR count). The van der Waals surface area contributed by atoms with Crippen molar-refractivity contribution in [3.8, 4) is 0 Å². The third-order valence-corrected chi connectivity index (χ3v) is 0.850. The zero-order chi connectivity index (χ0) is 7.49. The van der Waals surface area contributed by atoms with Crippen LogP contribution in [0.15, 0.2) is 0 Å². The lowest BCUT2D eigenvalue weighted by atomic mass is 10.7. The maximum atomic E-state index is 9.87. The summed E-state index contributed by atoms with van der Waals surface area (Å²) in [4.78, 5) is 9.87. The van der Waals surface area contributed by atoms with E-state index < -0.39 is 9.82 Å². The van der Waals surface area contributed by atoms with Crippen LogP contribution in [-0.4, -0.2) is 16.4 Å². The van der Waals surface area contributed by atoms with Crippen molar-refractivity contribution in [3.63, 3.8) is 0 Å². The van der Waals surface area contributed by atoms with Gasteiger partial charge in [0.1, 0.15) is 0 Å². The molecule has 0 bridgehead atoms. The molecule has 2 amide bonds. The first kappa shape index (κ1) is 9.14. The van der Waals surface area contributed by atoms with Gasteiger partial charge in [0.05, 0.1) is 6.54 Å². The highest BCUT2D eigenvalue weighted by atomic mass is 35.6. The number of rotatable bonds is 1. The number of halogens is 3. The summed E-state index contributed by atoms with van der Waals surface area (Å²) < 4.78 is -1.50. The van der Waals surface area contributed by atoms with Gasteiger partial charge in [0.2, 0.25) is 3.79 Å². The lowest BCUT2D eigenvalue weighted by molar-refractivity contribution is 0.248. The fraction of sp³-hybridized carbons (Fsp3) is 0.667. The maximum absolute atomic E-state index is 9.87. The van der Waals surface area contributed by atoms with E-state index in [0.717, 1.165) is 0 Å². The highest BCUT2D eigenvalue weighted by molar-refractivity contribution is 6.67. The summed E-state index contributed by atoms with van der Waals surface area (Å²) in [6, 6.07) is -0.957. The van der Waals surface area contributed by atoms with Crippen molar-refractivity contribution in [2.75, 3.05) is 6.54 Å². The molecule has 0 aromatic rings. The highest BCUT2D eigenvalue weighted by Gasteiger charge is 2.19. The fourth-order valence-electron chi connectivity index (χ4n) is 0.181. The van der Waals surface area contributed by atoms with Crippen molar-refractivity contribution in [2.24, 2.45) is 0 Å². The first-order valence-corrected chi connectivity index (χ1v) is 3.11. The molecule has 0 aliphatic heterocycles. The first-order valence-electron chi connectivity index (χ1n) is 1.98. The van der Waals surface area contributed by atoms with Gasteiger partial charge in [-0.25, -0.2) is 10.5 Å². The van der Waals surface area contributed by atoms with Gasteiger partial charge in [-0.05, 0) is 0 Å². The molecule has 2 N–H and O–H groups in total. The number of hydrogen-bond donors (Lipinski definition) is 1. The second-order valence-electron chi connectivity index (χ2n) is 1.30. The first-order chi connectivity index (χ1) is 3.92. The smallest absolute Gasteiger partial charge is 0.332 e. The standard InChI is InChI=1S/C3H4Cl3N2O/c4-3(5,6)1-8-2(7)9/h7H,1H2,(H,8,9). The number of carbonyl (C=O) groups excluding carboxylic acids is 1. The van der Waals surface area contributed by atoms with Crippen LogP contribution in [0.4, 0.5) is 4.79 Å². The molecule has 0 atom stereocenters. The monoisotopic (exact) mass is 189 g/mol. The molecule has 0 aliphatic rings. The van der Waals surface area contributed by atoms with Gasteiger partial charge < -0.3 is 5.32 Å². The molecule has 1 radical (unpaired) electrons. The van der Waals surface area contributed by atoms with Crippen LogP contribution in [0, 0.1) is 0 Å². The van der Waals surface area contributed by atoms with E-state index in [1.165, 1.54) is 0 Å². The van der Waals surface area contributed by atoms with Gasteiger partial charge in [-0.2, -0.15) is 0 Å². The molecule has 0 heterocycles. The third-order valence-electron chi connectivity index (χ3n) is 0.449. The maximum Gasteiger partial charge on any atom is 0.333 e. The van der Waals surface area contributed by atoms with E-state index in [-0.39, 0.29) is 6.54 Å². The summed E-state index contributed by atoms with van der Waals surface area (Å²) in [6.45, 7) is -0.139. The van der Waals surface area contributed by atoms with E-state index in [2.05, 4.69) is 0 Å². The van der Waals surface area contributed by atoms with Crippen LogP contribution < -0.4 is 11.1 Å². The van der Waals surface area contributed by atoms with Crippen molar-refractivity contribution in [2.45, 2.75) is 3.79 Å². The number of urea groups is 1. The molecule has 9 heavy (non-hydrogen) atoms. The molecule has 0 fully saturated rings. The van der Waals surface area contributed by atoms with Gasteiger partial charge >= 0.3 is 6.03 Å². The summed E-state index contributed by atoms with van der Waals surface area (Å²) in [5, 5.41) is 2.02. The predicted octanol–water partition coefficient (Wildman–Crippen LogP) is 1.35. The van der Waals surface area contributed by atoms with E-state index in [4.69, 9.17) is 40.5 Å². The average molecular weight is 190 g/mol. The third kappa shape index (κ3) is 8.14.